The fourth-order valence-corrected chi connectivity index (χ4v) is 1.90. The molecule has 0 bridgehead atoms. The number of hydrogen-bond acceptors (Lipinski definition) is 4. The molecule has 0 saturated heterocycles. The van der Waals surface area contributed by atoms with Crippen molar-refractivity contribution in [3.05, 3.63) is 60.8 Å². The molecule has 0 aliphatic rings. The van der Waals surface area contributed by atoms with E-state index in [1.807, 2.05) is 24.3 Å². The van der Waals surface area contributed by atoms with Crippen LogP contribution in [0.1, 0.15) is 16.8 Å². The van der Waals surface area contributed by atoms with Crippen molar-refractivity contribution >= 4 is 5.97 Å². The van der Waals surface area contributed by atoms with Gasteiger partial charge in [-0.3, -0.25) is 4.98 Å². The monoisotopic (exact) mass is 283 g/mol. The zero-order valence-electron chi connectivity index (χ0n) is 11.9. The molecular formula is C17H17NO3. The molecule has 0 saturated carbocycles. The highest BCUT2D eigenvalue weighted by Crippen LogP contribution is 2.25. The molecule has 0 fully saturated rings. The summed E-state index contributed by atoms with van der Waals surface area (Å²) in [5, 5.41) is 0. The number of rotatable bonds is 6. The molecule has 2 aromatic rings. The summed E-state index contributed by atoms with van der Waals surface area (Å²) in [6.45, 7) is 4.22. The van der Waals surface area contributed by atoms with Gasteiger partial charge in [0.05, 0.1) is 25.0 Å². The van der Waals surface area contributed by atoms with E-state index in [1.165, 1.54) is 7.11 Å². The van der Waals surface area contributed by atoms with E-state index in [-0.39, 0.29) is 0 Å². The van der Waals surface area contributed by atoms with Crippen molar-refractivity contribution in [2.24, 2.45) is 0 Å². The fourth-order valence-electron chi connectivity index (χ4n) is 1.90. The van der Waals surface area contributed by atoms with E-state index in [0.717, 1.165) is 17.7 Å². The van der Waals surface area contributed by atoms with E-state index in [9.17, 15) is 4.79 Å². The van der Waals surface area contributed by atoms with Gasteiger partial charge in [-0.15, -0.1) is 6.58 Å². The summed E-state index contributed by atoms with van der Waals surface area (Å²) in [4.78, 5) is 16.1. The summed E-state index contributed by atoms with van der Waals surface area (Å²) in [6, 6.07) is 10.9. The number of esters is 1. The average Bonchev–Trinajstić information content (AvgIpc) is 2.55. The number of aromatic nitrogens is 1. The first-order chi connectivity index (χ1) is 10.3. The summed E-state index contributed by atoms with van der Waals surface area (Å²) in [5.41, 5.74) is 1.83. The molecule has 0 spiro atoms. The van der Waals surface area contributed by atoms with Crippen molar-refractivity contribution in [1.82, 2.24) is 4.98 Å². The van der Waals surface area contributed by atoms with Crippen LogP contribution in [0, 0.1) is 0 Å². The number of hydrogen-bond donors (Lipinski definition) is 0. The first kappa shape index (κ1) is 14.8. The first-order valence-corrected chi connectivity index (χ1v) is 6.63. The number of carbonyl (C=O) groups excluding carboxylic acids is 1. The second kappa shape index (κ2) is 7.24. The van der Waals surface area contributed by atoms with E-state index < -0.39 is 5.97 Å². The topological polar surface area (TPSA) is 48.4 Å². The molecule has 0 unspecified atom stereocenters. The Hall–Kier alpha value is -2.62. The molecule has 2 rings (SSSR count). The SMILES string of the molecule is C=CCCOc1cccc(-c2ncccc2C(=O)OC)c1. The molecule has 0 aliphatic heterocycles. The third-order valence-corrected chi connectivity index (χ3v) is 2.91. The molecule has 1 aromatic carbocycles. The quantitative estimate of drug-likeness (QED) is 0.462. The van der Waals surface area contributed by atoms with Crippen LogP contribution in [-0.4, -0.2) is 24.7 Å². The highest BCUT2D eigenvalue weighted by atomic mass is 16.5. The zero-order valence-corrected chi connectivity index (χ0v) is 11.9. The summed E-state index contributed by atoms with van der Waals surface area (Å²) in [5.74, 6) is 0.326. The third kappa shape index (κ3) is 3.69. The van der Waals surface area contributed by atoms with Gasteiger partial charge in [0.1, 0.15) is 5.75 Å². The van der Waals surface area contributed by atoms with Crippen LogP contribution >= 0.6 is 0 Å². The Kier molecular flexibility index (Phi) is 5.10. The Morgan fingerprint density at radius 1 is 1.33 bits per heavy atom. The van der Waals surface area contributed by atoms with Crippen LogP contribution in [0.15, 0.2) is 55.3 Å². The van der Waals surface area contributed by atoms with Crippen LogP contribution in [0.3, 0.4) is 0 Å². The van der Waals surface area contributed by atoms with Gasteiger partial charge in [0.15, 0.2) is 0 Å². The molecule has 108 valence electrons. The lowest BCUT2D eigenvalue weighted by atomic mass is 10.1. The predicted molar refractivity (Wildman–Crippen MR) is 81.3 cm³/mol. The largest absolute Gasteiger partial charge is 0.493 e. The molecule has 21 heavy (non-hydrogen) atoms. The Morgan fingerprint density at radius 2 is 2.19 bits per heavy atom. The summed E-state index contributed by atoms with van der Waals surface area (Å²) < 4.78 is 10.4. The standard InChI is InChI=1S/C17H17NO3/c1-3-4-11-21-14-8-5-7-13(12-14)16-15(17(19)20-2)9-6-10-18-16/h3,5-10,12H,1,4,11H2,2H3. The predicted octanol–water partition coefficient (Wildman–Crippen LogP) is 3.49. The van der Waals surface area contributed by atoms with Crippen molar-refractivity contribution in [1.29, 1.82) is 0 Å². The summed E-state index contributed by atoms with van der Waals surface area (Å²) in [6.07, 6.45) is 4.23. The van der Waals surface area contributed by atoms with E-state index in [4.69, 9.17) is 9.47 Å². The maximum absolute atomic E-state index is 11.8. The highest BCUT2D eigenvalue weighted by Gasteiger charge is 2.14. The van der Waals surface area contributed by atoms with Gasteiger partial charge in [0, 0.05) is 11.8 Å². The number of nitrogens with zero attached hydrogens (tertiary/aromatic N) is 1. The molecule has 0 amide bonds. The van der Waals surface area contributed by atoms with Crippen molar-refractivity contribution in [3.63, 3.8) is 0 Å². The number of pyridine rings is 1. The van der Waals surface area contributed by atoms with Crippen LogP contribution < -0.4 is 4.74 Å². The van der Waals surface area contributed by atoms with Gasteiger partial charge in [0.25, 0.3) is 0 Å². The van der Waals surface area contributed by atoms with Gasteiger partial charge in [0.2, 0.25) is 0 Å². The highest BCUT2D eigenvalue weighted by molar-refractivity contribution is 5.96. The zero-order chi connectivity index (χ0) is 15.1. The van der Waals surface area contributed by atoms with Gasteiger partial charge < -0.3 is 9.47 Å². The number of carbonyl (C=O) groups is 1. The molecule has 0 aliphatic carbocycles. The van der Waals surface area contributed by atoms with Crippen molar-refractivity contribution in [2.45, 2.75) is 6.42 Å². The van der Waals surface area contributed by atoms with Crippen LogP contribution in [0.25, 0.3) is 11.3 Å². The maximum Gasteiger partial charge on any atom is 0.340 e. The Morgan fingerprint density at radius 3 is 2.95 bits per heavy atom. The Labute approximate surface area is 124 Å². The van der Waals surface area contributed by atoms with Crippen LogP contribution in [0.5, 0.6) is 5.75 Å². The van der Waals surface area contributed by atoms with Gasteiger partial charge in [-0.2, -0.15) is 0 Å². The van der Waals surface area contributed by atoms with Crippen LogP contribution in [0.2, 0.25) is 0 Å². The van der Waals surface area contributed by atoms with Crippen molar-refractivity contribution in [3.8, 4) is 17.0 Å². The lowest BCUT2D eigenvalue weighted by molar-refractivity contribution is 0.0601. The summed E-state index contributed by atoms with van der Waals surface area (Å²) >= 11 is 0. The molecule has 4 heteroatoms. The van der Waals surface area contributed by atoms with Crippen molar-refractivity contribution < 1.29 is 14.3 Å². The van der Waals surface area contributed by atoms with E-state index in [0.29, 0.717) is 17.9 Å². The fraction of sp³-hybridized carbons (Fsp3) is 0.176. The van der Waals surface area contributed by atoms with Gasteiger partial charge in [-0.1, -0.05) is 18.2 Å². The maximum atomic E-state index is 11.8. The van der Waals surface area contributed by atoms with Crippen molar-refractivity contribution in [2.75, 3.05) is 13.7 Å². The molecular weight excluding hydrogens is 266 g/mol. The average molecular weight is 283 g/mol. The summed E-state index contributed by atoms with van der Waals surface area (Å²) in [7, 11) is 1.36. The van der Waals surface area contributed by atoms with E-state index in [2.05, 4.69) is 11.6 Å². The molecule has 0 N–H and O–H groups in total. The second-order valence-corrected chi connectivity index (χ2v) is 4.34. The normalized spacial score (nSPS) is 9.95. The van der Waals surface area contributed by atoms with Crippen LogP contribution in [0.4, 0.5) is 0 Å². The lowest BCUT2D eigenvalue weighted by Gasteiger charge is -2.09. The molecule has 0 radical (unpaired) electrons. The Balaban J connectivity index is 2.32. The molecule has 4 nitrogen and oxygen atoms in total. The van der Waals surface area contributed by atoms with E-state index >= 15 is 0 Å². The minimum atomic E-state index is -0.406. The number of methoxy groups -OCH3 is 1. The minimum Gasteiger partial charge on any atom is -0.493 e. The van der Waals surface area contributed by atoms with Gasteiger partial charge in [-0.05, 0) is 30.7 Å². The third-order valence-electron chi connectivity index (χ3n) is 2.91. The van der Waals surface area contributed by atoms with Gasteiger partial charge >= 0.3 is 5.97 Å². The lowest BCUT2D eigenvalue weighted by Crippen LogP contribution is -2.04. The Bertz CT molecular complexity index is 637. The number of benzene rings is 1. The van der Waals surface area contributed by atoms with Crippen LogP contribution in [-0.2, 0) is 4.74 Å². The van der Waals surface area contributed by atoms with E-state index in [1.54, 1.807) is 24.4 Å². The smallest absolute Gasteiger partial charge is 0.340 e. The molecule has 1 heterocycles. The minimum absolute atomic E-state index is 0.406. The van der Waals surface area contributed by atoms with Gasteiger partial charge in [-0.25, -0.2) is 4.79 Å². The molecule has 0 atom stereocenters. The first-order valence-electron chi connectivity index (χ1n) is 6.63. The second-order valence-electron chi connectivity index (χ2n) is 4.34. The molecule has 1 aromatic heterocycles. The number of ether oxygens (including phenoxy) is 2.